The Morgan fingerprint density at radius 1 is 0.911 bits per heavy atom. The molecule has 0 aromatic heterocycles. The van der Waals surface area contributed by atoms with Gasteiger partial charge in [0.1, 0.15) is 12.2 Å². The van der Waals surface area contributed by atoms with E-state index < -0.39 is 94.4 Å². The van der Waals surface area contributed by atoms with Gasteiger partial charge >= 0.3 is 39.2 Å². The molecule has 252 valence electrons. The number of carbonyl (C=O) groups is 4. The number of halogens is 2. The van der Waals surface area contributed by atoms with Gasteiger partial charge in [0.05, 0.1) is 30.8 Å². The van der Waals surface area contributed by atoms with Gasteiger partial charge in [0.25, 0.3) is 0 Å². The average Bonchev–Trinajstić information content (AvgIpc) is 3.56. The summed E-state index contributed by atoms with van der Waals surface area (Å²) in [5, 5.41) is -4.74. The molecule has 6 saturated carbocycles. The molecule has 6 bridgehead atoms. The highest BCUT2D eigenvalue weighted by molar-refractivity contribution is 7.86. The third kappa shape index (κ3) is 5.85. The lowest BCUT2D eigenvalue weighted by molar-refractivity contribution is -0.241. The van der Waals surface area contributed by atoms with Crippen LogP contribution in [0.2, 0.25) is 0 Å². The molecule has 0 amide bonds. The number of ether oxygens (including phenoxy) is 5. The number of fused-ring (bicyclic) bond motifs is 1. The minimum absolute atomic E-state index is 0.0292. The van der Waals surface area contributed by atoms with Gasteiger partial charge < -0.3 is 23.7 Å². The van der Waals surface area contributed by atoms with Gasteiger partial charge in [-0.15, -0.1) is 0 Å². The molecule has 0 aromatic carbocycles. The van der Waals surface area contributed by atoms with Gasteiger partial charge in [-0.2, -0.15) is 17.2 Å². The summed E-state index contributed by atoms with van der Waals surface area (Å²) in [7, 11) is -5.83. The Morgan fingerprint density at radius 2 is 1.51 bits per heavy atom. The Bertz CT molecular complexity index is 1310. The highest BCUT2D eigenvalue weighted by Crippen LogP contribution is 2.59. The summed E-state index contributed by atoms with van der Waals surface area (Å²) in [6, 6.07) is 0. The Balaban J connectivity index is 1.06. The average molecular weight is 663 g/mol. The molecule has 45 heavy (non-hydrogen) atoms. The number of hydrogen-bond acceptors (Lipinski definition) is 11. The van der Waals surface area contributed by atoms with Gasteiger partial charge in [-0.1, -0.05) is 13.8 Å². The Morgan fingerprint density at radius 3 is 2.09 bits per heavy atom. The Hall–Kier alpha value is -2.39. The molecule has 0 spiro atoms. The van der Waals surface area contributed by atoms with Crippen molar-refractivity contribution in [1.29, 1.82) is 0 Å². The third-order valence-electron chi connectivity index (χ3n) is 11.0. The molecule has 0 radical (unpaired) electrons. The van der Waals surface area contributed by atoms with Crippen LogP contribution in [0.3, 0.4) is 0 Å². The van der Waals surface area contributed by atoms with Crippen LogP contribution in [0.15, 0.2) is 0 Å². The maximum Gasteiger partial charge on any atom is 0.405 e. The normalized spacial score (nSPS) is 39.1. The fourth-order valence-corrected chi connectivity index (χ4v) is 9.65. The Labute approximate surface area is 259 Å². The van der Waals surface area contributed by atoms with E-state index in [1.807, 2.05) is 13.8 Å². The zero-order valence-corrected chi connectivity index (χ0v) is 26.2. The molecular formula is C30H40F2O12S. The SMILES string of the molecule is CC(C)C(OC(=O)C1C2CC3C(OC(=O)C31)C2OC(=O)CCC(=O)OC(C)C(F)(F)S(=O)(=O)O)OC1C2CC3CC(C2)CC1C3. The van der Waals surface area contributed by atoms with Crippen molar-refractivity contribution in [2.24, 2.45) is 53.3 Å². The smallest absolute Gasteiger partial charge is 0.405 e. The van der Waals surface area contributed by atoms with Gasteiger partial charge in [-0.3, -0.25) is 23.7 Å². The summed E-state index contributed by atoms with van der Waals surface area (Å²) in [6.45, 7) is 4.41. The van der Waals surface area contributed by atoms with E-state index in [2.05, 4.69) is 4.74 Å². The zero-order valence-electron chi connectivity index (χ0n) is 25.3. The molecule has 1 aliphatic heterocycles. The van der Waals surface area contributed by atoms with Gasteiger partial charge in [0.2, 0.25) is 6.29 Å². The highest BCUT2D eigenvalue weighted by Gasteiger charge is 2.70. The number of hydrogen-bond donors (Lipinski definition) is 1. The number of carbonyl (C=O) groups excluding carboxylic acids is 4. The first kappa shape index (κ1) is 32.5. The monoisotopic (exact) mass is 662 g/mol. The molecule has 7 aliphatic rings. The minimum Gasteiger partial charge on any atom is -0.458 e. The quantitative estimate of drug-likeness (QED) is 0.140. The standard InChI is InChI=1S/C30H40F2O12S/c1-12(2)29(43-24-16-7-14-6-15(9-16)10-17(24)8-14)44-28(36)23-18-11-19-22(23)27(35)42-26(19)25(18)41-21(34)5-4-20(33)40-13(3)30(31,32)45(37,38)39/h12-19,22-26,29H,4-11H2,1-3H3,(H,37,38,39). The molecule has 1 N–H and O–H groups in total. The van der Waals surface area contributed by atoms with Crippen LogP contribution in [-0.2, 0) is 53.0 Å². The Kier molecular flexibility index (Phi) is 8.46. The fraction of sp³-hybridized carbons (Fsp3) is 0.867. The topological polar surface area (TPSA) is 169 Å². The van der Waals surface area contributed by atoms with Crippen molar-refractivity contribution in [2.45, 2.75) is 108 Å². The van der Waals surface area contributed by atoms with Crippen LogP contribution in [0.4, 0.5) is 8.78 Å². The molecular weight excluding hydrogens is 622 g/mol. The van der Waals surface area contributed by atoms with E-state index in [0.717, 1.165) is 37.5 Å². The minimum atomic E-state index is -5.83. The highest BCUT2D eigenvalue weighted by atomic mass is 32.2. The molecule has 7 fully saturated rings. The van der Waals surface area contributed by atoms with E-state index in [4.69, 9.17) is 23.5 Å². The van der Waals surface area contributed by atoms with Gasteiger partial charge in [-0.05, 0) is 69.1 Å². The maximum atomic E-state index is 13.7. The van der Waals surface area contributed by atoms with Crippen LogP contribution in [0.1, 0.15) is 72.1 Å². The van der Waals surface area contributed by atoms with E-state index in [9.17, 15) is 36.4 Å². The number of esters is 4. The molecule has 1 heterocycles. The van der Waals surface area contributed by atoms with Gasteiger partial charge in [-0.25, -0.2) is 0 Å². The van der Waals surface area contributed by atoms with Crippen molar-refractivity contribution < 1.29 is 64.6 Å². The zero-order chi connectivity index (χ0) is 32.6. The third-order valence-corrected chi connectivity index (χ3v) is 12.0. The lowest BCUT2D eigenvalue weighted by Gasteiger charge is -2.54. The van der Waals surface area contributed by atoms with Crippen molar-refractivity contribution >= 4 is 34.0 Å². The van der Waals surface area contributed by atoms with Crippen LogP contribution in [-0.4, -0.2) is 72.8 Å². The van der Waals surface area contributed by atoms with E-state index in [1.165, 1.54) is 6.42 Å². The summed E-state index contributed by atoms with van der Waals surface area (Å²) >= 11 is 0. The van der Waals surface area contributed by atoms with Crippen LogP contribution in [0, 0.1) is 53.3 Å². The predicted molar refractivity (Wildman–Crippen MR) is 146 cm³/mol. The molecule has 0 aromatic rings. The van der Waals surface area contributed by atoms with Crippen molar-refractivity contribution in [1.82, 2.24) is 0 Å². The molecule has 6 aliphatic carbocycles. The van der Waals surface area contributed by atoms with Crippen LogP contribution in [0.5, 0.6) is 0 Å². The largest absolute Gasteiger partial charge is 0.458 e. The van der Waals surface area contributed by atoms with Crippen molar-refractivity contribution in [3.05, 3.63) is 0 Å². The lowest BCUT2D eigenvalue weighted by atomic mass is 9.55. The summed E-state index contributed by atoms with van der Waals surface area (Å²) in [5.74, 6) is -3.67. The van der Waals surface area contributed by atoms with Crippen molar-refractivity contribution in [3.63, 3.8) is 0 Å². The molecule has 8 atom stereocenters. The summed E-state index contributed by atoms with van der Waals surface area (Å²) in [6.07, 6.45) is -0.0814. The summed E-state index contributed by atoms with van der Waals surface area (Å²) < 4.78 is 85.7. The van der Waals surface area contributed by atoms with E-state index in [1.54, 1.807) is 0 Å². The van der Waals surface area contributed by atoms with Gasteiger partial charge in [0.15, 0.2) is 6.10 Å². The molecule has 1 saturated heterocycles. The molecule has 12 nitrogen and oxygen atoms in total. The predicted octanol–water partition coefficient (Wildman–Crippen LogP) is 3.26. The van der Waals surface area contributed by atoms with Crippen LogP contribution >= 0.6 is 0 Å². The first-order chi connectivity index (χ1) is 21.0. The van der Waals surface area contributed by atoms with Crippen LogP contribution < -0.4 is 0 Å². The molecule has 7 rings (SSSR count). The number of rotatable bonds is 12. The van der Waals surface area contributed by atoms with Crippen molar-refractivity contribution in [3.8, 4) is 0 Å². The number of alkyl halides is 2. The van der Waals surface area contributed by atoms with E-state index >= 15 is 0 Å². The maximum absolute atomic E-state index is 13.7. The first-order valence-electron chi connectivity index (χ1n) is 15.8. The molecule has 8 unspecified atom stereocenters. The van der Waals surface area contributed by atoms with E-state index in [-0.39, 0.29) is 17.9 Å². The van der Waals surface area contributed by atoms with Crippen molar-refractivity contribution in [2.75, 3.05) is 0 Å². The summed E-state index contributed by atoms with van der Waals surface area (Å²) in [4.78, 5) is 51.2. The first-order valence-corrected chi connectivity index (χ1v) is 17.3. The molecule has 15 heteroatoms. The summed E-state index contributed by atoms with van der Waals surface area (Å²) in [5.41, 5.74) is 0. The lowest BCUT2D eigenvalue weighted by Crippen LogP contribution is -2.51. The van der Waals surface area contributed by atoms with Gasteiger partial charge in [0, 0.05) is 17.8 Å². The van der Waals surface area contributed by atoms with E-state index in [0.29, 0.717) is 25.2 Å². The fourth-order valence-electron chi connectivity index (χ4n) is 9.18. The second kappa shape index (κ2) is 11.7. The second-order valence-electron chi connectivity index (χ2n) is 14.2. The second-order valence-corrected chi connectivity index (χ2v) is 15.7. The van der Waals surface area contributed by atoms with Crippen LogP contribution in [0.25, 0.3) is 0 Å².